The van der Waals surface area contributed by atoms with Crippen LogP contribution in [0.2, 0.25) is 0 Å². The van der Waals surface area contributed by atoms with Gasteiger partial charge in [0.2, 0.25) is 5.95 Å². The van der Waals surface area contributed by atoms with Crippen molar-refractivity contribution in [2.45, 2.75) is 39.2 Å². The molecule has 3 unspecified atom stereocenters. The van der Waals surface area contributed by atoms with E-state index in [1.54, 1.807) is 0 Å². The van der Waals surface area contributed by atoms with E-state index < -0.39 is 0 Å². The molecule has 16 heavy (non-hydrogen) atoms. The van der Waals surface area contributed by atoms with Crippen LogP contribution in [0.1, 0.15) is 32.6 Å². The summed E-state index contributed by atoms with van der Waals surface area (Å²) in [5.41, 5.74) is 0. The lowest BCUT2D eigenvalue weighted by Crippen LogP contribution is -2.21. The van der Waals surface area contributed by atoms with Crippen molar-refractivity contribution >= 4 is 5.95 Å². The first kappa shape index (κ1) is 10.2. The van der Waals surface area contributed by atoms with Crippen LogP contribution in [0.3, 0.4) is 0 Å². The van der Waals surface area contributed by atoms with Crippen LogP contribution in [0.4, 0.5) is 5.95 Å². The summed E-state index contributed by atoms with van der Waals surface area (Å²) in [6.07, 6.45) is 9.83. The standard InChI is InChI=1S/C13H21N3/c1-2-16-6-5-14-13(16)15-9-12-8-10-3-4-11(12)7-10/h5-6,10-12H,2-4,7-9H2,1H3,(H,14,15). The second-order valence-corrected chi connectivity index (χ2v) is 5.35. The van der Waals surface area contributed by atoms with E-state index in [1.165, 1.54) is 25.7 Å². The number of aromatic nitrogens is 2. The highest BCUT2D eigenvalue weighted by molar-refractivity contribution is 5.26. The Labute approximate surface area is 97.3 Å². The van der Waals surface area contributed by atoms with Gasteiger partial charge in [-0.3, -0.25) is 0 Å². The second kappa shape index (κ2) is 4.11. The lowest BCUT2D eigenvalue weighted by atomic mass is 9.89. The zero-order valence-corrected chi connectivity index (χ0v) is 10.0. The van der Waals surface area contributed by atoms with Gasteiger partial charge in [0.15, 0.2) is 0 Å². The third kappa shape index (κ3) is 1.72. The first-order chi connectivity index (χ1) is 7.86. The minimum absolute atomic E-state index is 0.903. The molecule has 0 aliphatic heterocycles. The smallest absolute Gasteiger partial charge is 0.202 e. The molecule has 0 radical (unpaired) electrons. The molecule has 0 amide bonds. The number of hydrogen-bond acceptors (Lipinski definition) is 2. The number of rotatable bonds is 4. The van der Waals surface area contributed by atoms with Crippen LogP contribution in [0.25, 0.3) is 0 Å². The minimum atomic E-state index is 0.903. The van der Waals surface area contributed by atoms with Gasteiger partial charge in [0.25, 0.3) is 0 Å². The summed E-state index contributed by atoms with van der Waals surface area (Å²) in [7, 11) is 0. The Hall–Kier alpha value is -0.990. The Bertz CT molecular complexity index is 358. The molecular formula is C13H21N3. The fourth-order valence-electron chi connectivity index (χ4n) is 3.58. The molecule has 2 bridgehead atoms. The number of fused-ring (bicyclic) bond motifs is 2. The molecule has 1 N–H and O–H groups in total. The maximum Gasteiger partial charge on any atom is 0.202 e. The first-order valence-electron chi connectivity index (χ1n) is 6.61. The number of nitrogens with one attached hydrogen (secondary N) is 1. The van der Waals surface area contributed by atoms with Crippen molar-refractivity contribution in [3.05, 3.63) is 12.4 Å². The molecule has 1 aromatic rings. The van der Waals surface area contributed by atoms with E-state index in [1.807, 2.05) is 12.4 Å². The highest BCUT2D eigenvalue weighted by atomic mass is 15.2. The molecule has 2 saturated carbocycles. The Morgan fingerprint density at radius 3 is 3.06 bits per heavy atom. The van der Waals surface area contributed by atoms with E-state index in [4.69, 9.17) is 0 Å². The monoisotopic (exact) mass is 219 g/mol. The predicted octanol–water partition coefficient (Wildman–Crippen LogP) is 2.75. The molecule has 0 aromatic carbocycles. The van der Waals surface area contributed by atoms with Gasteiger partial charge >= 0.3 is 0 Å². The van der Waals surface area contributed by atoms with Gasteiger partial charge in [0.05, 0.1) is 0 Å². The Morgan fingerprint density at radius 1 is 1.44 bits per heavy atom. The third-order valence-electron chi connectivity index (χ3n) is 4.46. The highest BCUT2D eigenvalue weighted by Gasteiger charge is 2.39. The summed E-state index contributed by atoms with van der Waals surface area (Å²) in [6.45, 7) is 4.28. The Balaban J connectivity index is 1.57. The molecule has 2 aliphatic rings. The van der Waals surface area contributed by atoms with E-state index >= 15 is 0 Å². The van der Waals surface area contributed by atoms with Gasteiger partial charge in [-0.15, -0.1) is 0 Å². The summed E-state index contributed by atoms with van der Waals surface area (Å²) in [5, 5.41) is 3.52. The van der Waals surface area contributed by atoms with Crippen molar-refractivity contribution in [1.29, 1.82) is 0 Å². The van der Waals surface area contributed by atoms with Gasteiger partial charge in [0.1, 0.15) is 0 Å². The van der Waals surface area contributed by atoms with Crippen molar-refractivity contribution in [3.63, 3.8) is 0 Å². The van der Waals surface area contributed by atoms with Gasteiger partial charge in [-0.05, 0) is 43.9 Å². The summed E-state index contributed by atoms with van der Waals surface area (Å²) in [4.78, 5) is 4.36. The topological polar surface area (TPSA) is 29.9 Å². The van der Waals surface area contributed by atoms with Crippen molar-refractivity contribution in [3.8, 4) is 0 Å². The van der Waals surface area contributed by atoms with Gasteiger partial charge in [0, 0.05) is 25.5 Å². The molecule has 2 fully saturated rings. The number of anilines is 1. The van der Waals surface area contributed by atoms with Crippen LogP contribution in [0.5, 0.6) is 0 Å². The minimum Gasteiger partial charge on any atom is -0.355 e. The highest BCUT2D eigenvalue weighted by Crippen LogP contribution is 2.48. The van der Waals surface area contributed by atoms with Crippen LogP contribution in [0, 0.1) is 17.8 Å². The summed E-state index contributed by atoms with van der Waals surface area (Å²) in [6, 6.07) is 0. The van der Waals surface area contributed by atoms with Crippen LogP contribution >= 0.6 is 0 Å². The predicted molar refractivity (Wildman–Crippen MR) is 65.3 cm³/mol. The third-order valence-corrected chi connectivity index (χ3v) is 4.46. The number of nitrogens with zero attached hydrogens (tertiary/aromatic N) is 2. The Morgan fingerprint density at radius 2 is 2.38 bits per heavy atom. The lowest BCUT2D eigenvalue weighted by molar-refractivity contribution is 0.347. The lowest BCUT2D eigenvalue weighted by Gasteiger charge is -2.22. The quantitative estimate of drug-likeness (QED) is 0.844. The molecule has 0 saturated heterocycles. The fourth-order valence-corrected chi connectivity index (χ4v) is 3.58. The second-order valence-electron chi connectivity index (χ2n) is 5.35. The molecule has 3 heteroatoms. The number of aryl methyl sites for hydroxylation is 1. The summed E-state index contributed by atoms with van der Waals surface area (Å²) >= 11 is 0. The molecule has 88 valence electrons. The number of imidazole rings is 1. The molecule has 3 rings (SSSR count). The van der Waals surface area contributed by atoms with E-state index in [9.17, 15) is 0 Å². The molecular weight excluding hydrogens is 198 g/mol. The van der Waals surface area contributed by atoms with Crippen molar-refractivity contribution in [2.75, 3.05) is 11.9 Å². The normalized spacial score (nSPS) is 32.2. The van der Waals surface area contributed by atoms with E-state index in [-0.39, 0.29) is 0 Å². The van der Waals surface area contributed by atoms with Crippen LogP contribution in [-0.4, -0.2) is 16.1 Å². The molecule has 3 atom stereocenters. The van der Waals surface area contributed by atoms with E-state index in [2.05, 4.69) is 21.8 Å². The average Bonchev–Trinajstić information content (AvgIpc) is 3.01. The van der Waals surface area contributed by atoms with Gasteiger partial charge in [-0.25, -0.2) is 4.98 Å². The maximum atomic E-state index is 4.36. The first-order valence-corrected chi connectivity index (χ1v) is 6.61. The fraction of sp³-hybridized carbons (Fsp3) is 0.769. The van der Waals surface area contributed by atoms with Gasteiger partial charge in [-0.1, -0.05) is 6.42 Å². The summed E-state index contributed by atoms with van der Waals surface area (Å²) < 4.78 is 2.17. The van der Waals surface area contributed by atoms with Crippen molar-refractivity contribution < 1.29 is 0 Å². The van der Waals surface area contributed by atoms with Gasteiger partial charge in [-0.2, -0.15) is 0 Å². The van der Waals surface area contributed by atoms with E-state index in [0.717, 1.165) is 36.8 Å². The average molecular weight is 219 g/mol. The molecule has 1 heterocycles. The van der Waals surface area contributed by atoms with Crippen molar-refractivity contribution in [1.82, 2.24) is 9.55 Å². The molecule has 2 aliphatic carbocycles. The zero-order chi connectivity index (χ0) is 11.0. The van der Waals surface area contributed by atoms with Crippen LogP contribution < -0.4 is 5.32 Å². The summed E-state index contributed by atoms with van der Waals surface area (Å²) in [5.74, 6) is 4.00. The van der Waals surface area contributed by atoms with E-state index in [0.29, 0.717) is 0 Å². The largest absolute Gasteiger partial charge is 0.355 e. The molecule has 3 nitrogen and oxygen atoms in total. The van der Waals surface area contributed by atoms with Crippen LogP contribution in [0.15, 0.2) is 12.4 Å². The van der Waals surface area contributed by atoms with Gasteiger partial charge < -0.3 is 9.88 Å². The Kier molecular flexibility index (Phi) is 2.62. The van der Waals surface area contributed by atoms with Crippen molar-refractivity contribution in [2.24, 2.45) is 17.8 Å². The SMILES string of the molecule is CCn1ccnc1NCC1CC2CCC1C2. The molecule has 1 aromatic heterocycles. The molecule has 0 spiro atoms. The maximum absolute atomic E-state index is 4.36. The van der Waals surface area contributed by atoms with Crippen LogP contribution in [-0.2, 0) is 6.54 Å². The number of hydrogen-bond donors (Lipinski definition) is 1. The zero-order valence-electron chi connectivity index (χ0n) is 10.0.